The first-order chi connectivity index (χ1) is 10.3. The van der Waals surface area contributed by atoms with E-state index in [1.165, 1.54) is 36.1 Å². The van der Waals surface area contributed by atoms with Gasteiger partial charge in [-0.25, -0.2) is 0 Å². The Morgan fingerprint density at radius 1 is 1.05 bits per heavy atom. The Balaban J connectivity index is 1.52. The fourth-order valence-corrected chi connectivity index (χ4v) is 3.06. The van der Waals surface area contributed by atoms with Gasteiger partial charge < -0.3 is 4.74 Å². The molecule has 0 atom stereocenters. The van der Waals surface area contributed by atoms with Crippen molar-refractivity contribution in [2.45, 2.75) is 25.8 Å². The molecule has 0 amide bonds. The van der Waals surface area contributed by atoms with E-state index in [1.54, 1.807) is 7.11 Å². The molecule has 0 spiro atoms. The van der Waals surface area contributed by atoms with E-state index in [4.69, 9.17) is 4.74 Å². The summed E-state index contributed by atoms with van der Waals surface area (Å²) in [5, 5.41) is 0. The highest BCUT2D eigenvalue weighted by atomic mass is 16.5. The van der Waals surface area contributed by atoms with Crippen molar-refractivity contribution in [3.05, 3.63) is 65.2 Å². The van der Waals surface area contributed by atoms with Crippen molar-refractivity contribution in [1.29, 1.82) is 0 Å². The number of benzene rings is 2. The third-order valence-electron chi connectivity index (χ3n) is 4.29. The normalized spacial score (nSPS) is 14.7. The summed E-state index contributed by atoms with van der Waals surface area (Å²) in [5.41, 5.74) is 4.36. The van der Waals surface area contributed by atoms with Crippen LogP contribution in [0.4, 0.5) is 0 Å². The number of hydrogen-bond donors (Lipinski definition) is 0. The standard InChI is InChI=1S/C19H23NO/c1-21-19-10-9-18-15-20(13-11-17(18)14-19)12-5-8-16-6-3-2-4-7-16/h2-4,6-7,9-10,14H,5,8,11-13,15H2,1H3. The number of rotatable bonds is 5. The Labute approximate surface area is 127 Å². The molecule has 0 saturated carbocycles. The van der Waals surface area contributed by atoms with Crippen LogP contribution >= 0.6 is 0 Å². The van der Waals surface area contributed by atoms with Crippen LogP contribution in [0.3, 0.4) is 0 Å². The molecule has 21 heavy (non-hydrogen) atoms. The minimum atomic E-state index is 0.978. The van der Waals surface area contributed by atoms with Crippen LogP contribution in [-0.2, 0) is 19.4 Å². The van der Waals surface area contributed by atoms with Crippen LogP contribution in [0, 0.1) is 0 Å². The topological polar surface area (TPSA) is 12.5 Å². The molecule has 0 bridgehead atoms. The van der Waals surface area contributed by atoms with Gasteiger partial charge >= 0.3 is 0 Å². The van der Waals surface area contributed by atoms with Crippen molar-refractivity contribution in [3.63, 3.8) is 0 Å². The molecule has 3 rings (SSSR count). The first-order valence-electron chi connectivity index (χ1n) is 7.77. The Kier molecular flexibility index (Phi) is 4.56. The fourth-order valence-electron chi connectivity index (χ4n) is 3.06. The lowest BCUT2D eigenvalue weighted by molar-refractivity contribution is 0.251. The molecule has 0 saturated heterocycles. The third kappa shape index (κ3) is 3.64. The monoisotopic (exact) mass is 281 g/mol. The van der Waals surface area contributed by atoms with E-state index >= 15 is 0 Å². The lowest BCUT2D eigenvalue weighted by atomic mass is 9.99. The Morgan fingerprint density at radius 2 is 1.90 bits per heavy atom. The van der Waals surface area contributed by atoms with Gasteiger partial charge in [-0.3, -0.25) is 4.90 Å². The highest BCUT2D eigenvalue weighted by Crippen LogP contribution is 2.23. The van der Waals surface area contributed by atoms with E-state index in [2.05, 4.69) is 53.4 Å². The van der Waals surface area contributed by atoms with E-state index < -0.39 is 0 Å². The SMILES string of the molecule is COc1ccc2c(c1)CCN(CCCc1ccccc1)C2. The Bertz CT molecular complexity index is 579. The molecule has 1 aliphatic heterocycles. The van der Waals surface area contributed by atoms with Crippen LogP contribution < -0.4 is 4.74 Å². The summed E-state index contributed by atoms with van der Waals surface area (Å²) in [6.07, 6.45) is 3.54. The largest absolute Gasteiger partial charge is 0.497 e. The first kappa shape index (κ1) is 14.2. The maximum atomic E-state index is 5.31. The molecule has 1 aliphatic rings. The van der Waals surface area contributed by atoms with Crippen LogP contribution in [0.2, 0.25) is 0 Å². The number of nitrogens with zero attached hydrogens (tertiary/aromatic N) is 1. The minimum absolute atomic E-state index is 0.978. The summed E-state index contributed by atoms with van der Waals surface area (Å²) < 4.78 is 5.31. The van der Waals surface area contributed by atoms with Crippen LogP contribution in [0.15, 0.2) is 48.5 Å². The molecular formula is C19H23NO. The molecule has 2 heteroatoms. The second-order valence-corrected chi connectivity index (χ2v) is 5.75. The molecule has 0 radical (unpaired) electrons. The Hall–Kier alpha value is -1.80. The molecule has 110 valence electrons. The number of methoxy groups -OCH3 is 1. The van der Waals surface area contributed by atoms with Gasteiger partial charge in [0, 0.05) is 13.1 Å². The summed E-state index contributed by atoms with van der Waals surface area (Å²) in [6, 6.07) is 17.3. The second-order valence-electron chi connectivity index (χ2n) is 5.75. The van der Waals surface area contributed by atoms with Crippen molar-refractivity contribution in [2.75, 3.05) is 20.2 Å². The van der Waals surface area contributed by atoms with E-state index in [0.717, 1.165) is 25.3 Å². The van der Waals surface area contributed by atoms with Crippen molar-refractivity contribution >= 4 is 0 Å². The third-order valence-corrected chi connectivity index (χ3v) is 4.29. The zero-order valence-corrected chi connectivity index (χ0v) is 12.7. The lowest BCUT2D eigenvalue weighted by Crippen LogP contribution is -2.31. The van der Waals surface area contributed by atoms with Gasteiger partial charge in [-0.15, -0.1) is 0 Å². The van der Waals surface area contributed by atoms with Gasteiger partial charge in [-0.1, -0.05) is 36.4 Å². The maximum Gasteiger partial charge on any atom is 0.119 e. The average Bonchev–Trinajstić information content (AvgIpc) is 2.55. The van der Waals surface area contributed by atoms with E-state index in [-0.39, 0.29) is 0 Å². The summed E-state index contributed by atoms with van der Waals surface area (Å²) in [5.74, 6) is 0.978. The van der Waals surface area contributed by atoms with E-state index in [0.29, 0.717) is 0 Å². The number of fused-ring (bicyclic) bond motifs is 1. The van der Waals surface area contributed by atoms with Gasteiger partial charge in [-0.2, -0.15) is 0 Å². The summed E-state index contributed by atoms with van der Waals surface area (Å²) in [6.45, 7) is 3.42. The van der Waals surface area contributed by atoms with Crippen LogP contribution in [0.1, 0.15) is 23.1 Å². The molecule has 2 aromatic rings. The average molecular weight is 281 g/mol. The minimum Gasteiger partial charge on any atom is -0.497 e. The van der Waals surface area contributed by atoms with Crippen LogP contribution in [-0.4, -0.2) is 25.1 Å². The summed E-state index contributed by atoms with van der Waals surface area (Å²) >= 11 is 0. The molecule has 2 nitrogen and oxygen atoms in total. The summed E-state index contributed by atoms with van der Waals surface area (Å²) in [4.78, 5) is 2.57. The van der Waals surface area contributed by atoms with Gasteiger partial charge in [0.2, 0.25) is 0 Å². The van der Waals surface area contributed by atoms with Gasteiger partial charge in [-0.05, 0) is 54.6 Å². The number of ether oxygens (including phenoxy) is 1. The van der Waals surface area contributed by atoms with Crippen molar-refractivity contribution in [3.8, 4) is 5.75 Å². The molecule has 0 aliphatic carbocycles. The molecular weight excluding hydrogens is 258 g/mol. The fraction of sp³-hybridized carbons (Fsp3) is 0.368. The molecule has 2 aromatic carbocycles. The van der Waals surface area contributed by atoms with Crippen molar-refractivity contribution in [2.24, 2.45) is 0 Å². The predicted octanol–water partition coefficient (Wildman–Crippen LogP) is 3.69. The maximum absolute atomic E-state index is 5.31. The molecule has 0 aromatic heterocycles. The quantitative estimate of drug-likeness (QED) is 0.829. The predicted molar refractivity (Wildman–Crippen MR) is 86.7 cm³/mol. The molecule has 1 heterocycles. The zero-order valence-electron chi connectivity index (χ0n) is 12.7. The lowest BCUT2D eigenvalue weighted by Gasteiger charge is -2.29. The molecule has 0 fully saturated rings. The van der Waals surface area contributed by atoms with Gasteiger partial charge in [0.05, 0.1) is 7.11 Å². The molecule has 0 N–H and O–H groups in total. The van der Waals surface area contributed by atoms with Gasteiger partial charge in [0.15, 0.2) is 0 Å². The molecule has 0 unspecified atom stereocenters. The number of hydrogen-bond acceptors (Lipinski definition) is 2. The highest BCUT2D eigenvalue weighted by molar-refractivity contribution is 5.37. The smallest absolute Gasteiger partial charge is 0.119 e. The highest BCUT2D eigenvalue weighted by Gasteiger charge is 2.16. The Morgan fingerprint density at radius 3 is 2.71 bits per heavy atom. The first-order valence-corrected chi connectivity index (χ1v) is 7.77. The van der Waals surface area contributed by atoms with Crippen LogP contribution in [0.5, 0.6) is 5.75 Å². The summed E-state index contributed by atoms with van der Waals surface area (Å²) in [7, 11) is 1.74. The van der Waals surface area contributed by atoms with Gasteiger partial charge in [0.1, 0.15) is 5.75 Å². The number of aryl methyl sites for hydroxylation is 1. The van der Waals surface area contributed by atoms with E-state index in [1.807, 2.05) is 0 Å². The second kappa shape index (κ2) is 6.77. The van der Waals surface area contributed by atoms with E-state index in [9.17, 15) is 0 Å². The van der Waals surface area contributed by atoms with Crippen molar-refractivity contribution < 1.29 is 4.74 Å². The van der Waals surface area contributed by atoms with Crippen LogP contribution in [0.25, 0.3) is 0 Å². The van der Waals surface area contributed by atoms with Crippen molar-refractivity contribution in [1.82, 2.24) is 4.90 Å². The zero-order chi connectivity index (χ0) is 14.5. The van der Waals surface area contributed by atoms with Gasteiger partial charge in [0.25, 0.3) is 0 Å².